The lowest BCUT2D eigenvalue weighted by molar-refractivity contribution is -0.133. The summed E-state index contributed by atoms with van der Waals surface area (Å²) < 4.78 is 1.65. The zero-order valence-corrected chi connectivity index (χ0v) is 17.7. The van der Waals surface area contributed by atoms with Crippen LogP contribution in [0.1, 0.15) is 50.2 Å². The zero-order valence-electron chi connectivity index (χ0n) is 16.8. The largest absolute Gasteiger partial charge is 0.326 e. The molecular weight excluding hydrogens is 372 g/mol. The maximum absolute atomic E-state index is 13.1. The molecule has 0 radical (unpaired) electrons. The van der Waals surface area contributed by atoms with Crippen LogP contribution in [-0.2, 0) is 4.79 Å². The minimum absolute atomic E-state index is 0.0666. The Morgan fingerprint density at radius 3 is 2.64 bits per heavy atom. The van der Waals surface area contributed by atoms with Crippen LogP contribution in [0.4, 0.5) is 0 Å². The molecule has 28 heavy (non-hydrogen) atoms. The van der Waals surface area contributed by atoms with Gasteiger partial charge in [-0.3, -0.25) is 4.79 Å². The number of aromatic nitrogens is 4. The van der Waals surface area contributed by atoms with Gasteiger partial charge in [-0.05, 0) is 67.3 Å². The molecule has 0 bridgehead atoms. The Morgan fingerprint density at radius 2 is 2.00 bits per heavy atom. The van der Waals surface area contributed by atoms with Gasteiger partial charge < -0.3 is 4.90 Å². The standard InChI is InChI=1S/C20H26N6OS/c1-14-8-9-17(12-15(14)2)26-19(22-23-24-26)28-16(3)18(27)25(4)20(13-21)10-6-5-7-11-20/h8-9,12,16H,5-7,10-11H2,1-4H3/t16-/m1/s1. The minimum atomic E-state index is -0.690. The molecule has 3 rings (SSSR count). The summed E-state index contributed by atoms with van der Waals surface area (Å²) in [6.07, 6.45) is 4.57. The summed E-state index contributed by atoms with van der Waals surface area (Å²) in [4.78, 5) is 14.7. The number of benzene rings is 1. The van der Waals surface area contributed by atoms with Gasteiger partial charge in [0, 0.05) is 7.05 Å². The van der Waals surface area contributed by atoms with Gasteiger partial charge in [-0.15, -0.1) is 5.10 Å². The number of amides is 1. The number of hydrogen-bond donors (Lipinski definition) is 0. The number of aryl methyl sites for hydroxylation is 2. The first-order valence-corrected chi connectivity index (χ1v) is 10.5. The Labute approximate surface area is 170 Å². The van der Waals surface area contributed by atoms with E-state index in [1.807, 2.05) is 32.0 Å². The molecule has 1 aromatic carbocycles. The lowest BCUT2D eigenvalue weighted by Gasteiger charge is -2.40. The van der Waals surface area contributed by atoms with Crippen molar-refractivity contribution in [2.45, 2.75) is 68.8 Å². The Bertz CT molecular complexity index is 896. The maximum Gasteiger partial charge on any atom is 0.236 e. The second-order valence-electron chi connectivity index (χ2n) is 7.50. The molecule has 1 aromatic heterocycles. The maximum atomic E-state index is 13.1. The summed E-state index contributed by atoms with van der Waals surface area (Å²) in [5.41, 5.74) is 2.53. The zero-order chi connectivity index (χ0) is 20.3. The van der Waals surface area contributed by atoms with E-state index in [1.165, 1.54) is 17.3 Å². The summed E-state index contributed by atoms with van der Waals surface area (Å²) in [6.45, 7) is 5.95. The van der Waals surface area contributed by atoms with E-state index in [9.17, 15) is 10.1 Å². The van der Waals surface area contributed by atoms with Crippen LogP contribution in [0.3, 0.4) is 0 Å². The number of nitriles is 1. The summed E-state index contributed by atoms with van der Waals surface area (Å²) in [5, 5.41) is 21.9. The SMILES string of the molecule is Cc1ccc(-n2nnnc2S[C@H](C)C(=O)N(C)C2(C#N)CCCCC2)cc1C. The Morgan fingerprint density at radius 1 is 1.29 bits per heavy atom. The van der Waals surface area contributed by atoms with Crippen molar-refractivity contribution in [2.75, 3.05) is 7.05 Å². The second kappa shape index (κ2) is 8.31. The third kappa shape index (κ3) is 3.90. The highest BCUT2D eigenvalue weighted by Crippen LogP contribution is 2.34. The van der Waals surface area contributed by atoms with Crippen molar-refractivity contribution in [3.63, 3.8) is 0 Å². The number of rotatable bonds is 5. The molecule has 1 atom stereocenters. The molecule has 2 aromatic rings. The van der Waals surface area contributed by atoms with E-state index in [2.05, 4.69) is 28.5 Å². The first-order valence-electron chi connectivity index (χ1n) is 9.59. The van der Waals surface area contributed by atoms with Gasteiger partial charge in [0.1, 0.15) is 5.54 Å². The predicted molar refractivity (Wildman–Crippen MR) is 108 cm³/mol. The van der Waals surface area contributed by atoms with E-state index in [0.29, 0.717) is 5.16 Å². The molecule has 1 aliphatic rings. The number of nitrogens with zero attached hydrogens (tertiary/aromatic N) is 6. The third-order valence-corrected chi connectivity index (χ3v) is 6.69. The first-order chi connectivity index (χ1) is 13.4. The van der Waals surface area contributed by atoms with E-state index in [0.717, 1.165) is 43.4 Å². The Kier molecular flexibility index (Phi) is 6.04. The average molecular weight is 399 g/mol. The van der Waals surface area contributed by atoms with Gasteiger partial charge in [-0.1, -0.05) is 37.1 Å². The number of tetrazole rings is 1. The fourth-order valence-electron chi connectivity index (χ4n) is 3.62. The minimum Gasteiger partial charge on any atom is -0.326 e. The van der Waals surface area contributed by atoms with Crippen LogP contribution >= 0.6 is 11.8 Å². The quantitative estimate of drug-likeness (QED) is 0.717. The van der Waals surface area contributed by atoms with Crippen molar-refractivity contribution in [1.82, 2.24) is 25.1 Å². The molecular formula is C20H26N6OS. The average Bonchev–Trinajstić information content (AvgIpc) is 3.17. The molecule has 1 amide bonds. The molecule has 1 saturated carbocycles. The number of carbonyl (C=O) groups excluding carboxylic acids is 1. The smallest absolute Gasteiger partial charge is 0.236 e. The van der Waals surface area contributed by atoms with Crippen molar-refractivity contribution in [3.8, 4) is 11.8 Å². The Balaban J connectivity index is 1.77. The van der Waals surface area contributed by atoms with Crippen LogP contribution in [0, 0.1) is 25.2 Å². The summed E-state index contributed by atoms with van der Waals surface area (Å²) in [7, 11) is 1.75. The van der Waals surface area contributed by atoms with Gasteiger partial charge in [0.05, 0.1) is 17.0 Å². The van der Waals surface area contributed by atoms with Crippen molar-refractivity contribution in [3.05, 3.63) is 29.3 Å². The normalized spacial score (nSPS) is 17.0. The molecule has 0 spiro atoms. The molecule has 0 N–H and O–H groups in total. The van der Waals surface area contributed by atoms with E-state index in [1.54, 1.807) is 16.6 Å². The monoisotopic (exact) mass is 398 g/mol. The predicted octanol–water partition coefficient (Wildman–Crippen LogP) is 3.44. The van der Waals surface area contributed by atoms with Gasteiger partial charge in [0.25, 0.3) is 0 Å². The molecule has 1 fully saturated rings. The van der Waals surface area contributed by atoms with Crippen LogP contribution in [0.2, 0.25) is 0 Å². The van der Waals surface area contributed by atoms with Gasteiger partial charge in [-0.25, -0.2) is 0 Å². The first kappa shape index (κ1) is 20.3. The van der Waals surface area contributed by atoms with Gasteiger partial charge >= 0.3 is 0 Å². The Hall–Kier alpha value is -2.40. The molecule has 0 unspecified atom stereocenters. The lowest BCUT2D eigenvalue weighted by Crippen LogP contribution is -2.52. The third-order valence-electron chi connectivity index (χ3n) is 5.67. The van der Waals surface area contributed by atoms with Gasteiger partial charge in [-0.2, -0.15) is 9.94 Å². The van der Waals surface area contributed by atoms with Crippen molar-refractivity contribution < 1.29 is 4.79 Å². The summed E-state index contributed by atoms with van der Waals surface area (Å²) >= 11 is 1.32. The van der Waals surface area contributed by atoms with Crippen molar-refractivity contribution in [1.29, 1.82) is 5.26 Å². The fourth-order valence-corrected chi connectivity index (χ4v) is 4.52. The number of thioether (sulfide) groups is 1. The van der Waals surface area contributed by atoms with Crippen molar-refractivity contribution in [2.24, 2.45) is 0 Å². The van der Waals surface area contributed by atoms with Crippen LogP contribution in [0.5, 0.6) is 0 Å². The van der Waals surface area contributed by atoms with E-state index in [-0.39, 0.29) is 5.91 Å². The number of carbonyl (C=O) groups is 1. The molecule has 1 aliphatic carbocycles. The van der Waals surface area contributed by atoms with Gasteiger partial charge in [0.2, 0.25) is 11.1 Å². The molecule has 1 heterocycles. The fraction of sp³-hybridized carbons (Fsp3) is 0.550. The molecule has 8 heteroatoms. The van der Waals surface area contributed by atoms with E-state index >= 15 is 0 Å². The van der Waals surface area contributed by atoms with Crippen LogP contribution in [-0.4, -0.2) is 48.9 Å². The molecule has 7 nitrogen and oxygen atoms in total. The molecule has 0 aliphatic heterocycles. The van der Waals surface area contributed by atoms with Crippen LogP contribution < -0.4 is 0 Å². The highest BCUT2D eigenvalue weighted by Gasteiger charge is 2.40. The highest BCUT2D eigenvalue weighted by molar-refractivity contribution is 8.00. The second-order valence-corrected chi connectivity index (χ2v) is 8.81. The van der Waals surface area contributed by atoms with Crippen molar-refractivity contribution >= 4 is 17.7 Å². The van der Waals surface area contributed by atoms with Crippen LogP contribution in [0.25, 0.3) is 5.69 Å². The highest BCUT2D eigenvalue weighted by atomic mass is 32.2. The lowest BCUT2D eigenvalue weighted by atomic mass is 9.81. The van der Waals surface area contributed by atoms with E-state index in [4.69, 9.17) is 0 Å². The number of hydrogen-bond acceptors (Lipinski definition) is 6. The van der Waals surface area contributed by atoms with Crippen LogP contribution in [0.15, 0.2) is 23.4 Å². The van der Waals surface area contributed by atoms with E-state index < -0.39 is 10.8 Å². The van der Waals surface area contributed by atoms with Gasteiger partial charge in [0.15, 0.2) is 0 Å². The topological polar surface area (TPSA) is 87.7 Å². The molecule has 148 valence electrons. The summed E-state index contributed by atoms with van der Waals surface area (Å²) in [5.74, 6) is -0.0666. The summed E-state index contributed by atoms with van der Waals surface area (Å²) in [6, 6.07) is 8.44. The molecule has 0 saturated heterocycles.